The molecule has 0 saturated heterocycles. The van der Waals surface area contributed by atoms with Gasteiger partial charge in [-0.3, -0.25) is 0 Å². The summed E-state index contributed by atoms with van der Waals surface area (Å²) in [6, 6.07) is 0. The molecule has 0 aliphatic heterocycles. The van der Waals surface area contributed by atoms with Crippen molar-refractivity contribution in [2.75, 3.05) is 20.2 Å². The molecule has 0 bridgehead atoms. The number of hydrogen-bond acceptors (Lipinski definition) is 2. The third-order valence-electron chi connectivity index (χ3n) is 3.07. The van der Waals surface area contributed by atoms with Gasteiger partial charge in [-0.25, -0.2) is 0 Å². The van der Waals surface area contributed by atoms with Crippen LogP contribution in [-0.2, 0) is 4.74 Å². The van der Waals surface area contributed by atoms with Gasteiger partial charge in [-0.2, -0.15) is 0 Å². The standard InChI is InChI=1S/C14H31NO/c1-12(2)10-15-11-13(3)8-7-9-14(4,5)16-6/h12-13,15H,7-11H2,1-6H3. The lowest BCUT2D eigenvalue weighted by molar-refractivity contribution is 0.0127. The smallest absolute Gasteiger partial charge is 0.0622 e. The largest absolute Gasteiger partial charge is 0.379 e. The molecule has 0 heterocycles. The highest BCUT2D eigenvalue weighted by molar-refractivity contribution is 4.68. The van der Waals surface area contributed by atoms with Gasteiger partial charge in [0.15, 0.2) is 0 Å². The van der Waals surface area contributed by atoms with Crippen LogP contribution in [0, 0.1) is 11.8 Å². The molecule has 2 heteroatoms. The molecule has 0 spiro atoms. The fourth-order valence-corrected chi connectivity index (χ4v) is 1.70. The minimum absolute atomic E-state index is 0.0467. The number of ether oxygens (including phenoxy) is 1. The summed E-state index contributed by atoms with van der Waals surface area (Å²) in [4.78, 5) is 0. The summed E-state index contributed by atoms with van der Waals surface area (Å²) in [6.45, 7) is 13.4. The second-order valence-corrected chi connectivity index (χ2v) is 6.01. The zero-order chi connectivity index (χ0) is 12.6. The summed E-state index contributed by atoms with van der Waals surface area (Å²) in [7, 11) is 1.80. The predicted octanol–water partition coefficient (Wildman–Crippen LogP) is 3.46. The van der Waals surface area contributed by atoms with E-state index in [-0.39, 0.29) is 5.60 Å². The molecule has 0 saturated carbocycles. The highest BCUT2D eigenvalue weighted by atomic mass is 16.5. The van der Waals surface area contributed by atoms with Crippen LogP contribution in [0.4, 0.5) is 0 Å². The Balaban J connectivity index is 3.47. The van der Waals surface area contributed by atoms with E-state index in [1.807, 2.05) is 0 Å². The average Bonchev–Trinajstić information content (AvgIpc) is 2.17. The van der Waals surface area contributed by atoms with E-state index in [1.54, 1.807) is 7.11 Å². The molecular weight excluding hydrogens is 198 g/mol. The zero-order valence-corrected chi connectivity index (χ0v) is 12.1. The fraction of sp³-hybridized carbons (Fsp3) is 1.00. The van der Waals surface area contributed by atoms with Crippen LogP contribution in [0.1, 0.15) is 53.9 Å². The van der Waals surface area contributed by atoms with Gasteiger partial charge in [-0.15, -0.1) is 0 Å². The highest BCUT2D eigenvalue weighted by Crippen LogP contribution is 2.18. The van der Waals surface area contributed by atoms with Crippen molar-refractivity contribution in [2.24, 2.45) is 11.8 Å². The lowest BCUT2D eigenvalue weighted by atomic mass is 9.96. The molecule has 0 aliphatic carbocycles. The van der Waals surface area contributed by atoms with E-state index < -0.39 is 0 Å². The quantitative estimate of drug-likeness (QED) is 0.654. The van der Waals surface area contributed by atoms with Gasteiger partial charge in [-0.05, 0) is 51.6 Å². The lowest BCUT2D eigenvalue weighted by Gasteiger charge is -2.23. The van der Waals surface area contributed by atoms with Gasteiger partial charge in [0, 0.05) is 7.11 Å². The van der Waals surface area contributed by atoms with Gasteiger partial charge in [0.05, 0.1) is 5.60 Å². The second-order valence-electron chi connectivity index (χ2n) is 6.01. The Morgan fingerprint density at radius 3 is 2.25 bits per heavy atom. The van der Waals surface area contributed by atoms with Crippen LogP contribution in [0.2, 0.25) is 0 Å². The van der Waals surface area contributed by atoms with Gasteiger partial charge < -0.3 is 10.1 Å². The van der Waals surface area contributed by atoms with Crippen molar-refractivity contribution >= 4 is 0 Å². The summed E-state index contributed by atoms with van der Waals surface area (Å²) in [5, 5.41) is 3.51. The number of nitrogens with one attached hydrogen (secondary N) is 1. The zero-order valence-electron chi connectivity index (χ0n) is 12.1. The number of rotatable bonds is 9. The predicted molar refractivity (Wildman–Crippen MR) is 71.8 cm³/mol. The van der Waals surface area contributed by atoms with E-state index in [2.05, 4.69) is 39.9 Å². The molecule has 1 unspecified atom stereocenters. The normalized spacial score (nSPS) is 14.4. The molecule has 16 heavy (non-hydrogen) atoms. The monoisotopic (exact) mass is 229 g/mol. The molecule has 2 nitrogen and oxygen atoms in total. The van der Waals surface area contributed by atoms with Crippen LogP contribution in [0.3, 0.4) is 0 Å². The first-order chi connectivity index (χ1) is 7.37. The van der Waals surface area contributed by atoms with E-state index in [0.717, 1.165) is 31.3 Å². The van der Waals surface area contributed by atoms with Gasteiger partial charge in [0.2, 0.25) is 0 Å². The van der Waals surface area contributed by atoms with Crippen molar-refractivity contribution in [1.82, 2.24) is 5.32 Å². The molecular formula is C14H31NO. The lowest BCUT2D eigenvalue weighted by Crippen LogP contribution is -2.26. The first-order valence-electron chi connectivity index (χ1n) is 6.63. The molecule has 0 fully saturated rings. The van der Waals surface area contributed by atoms with Crippen LogP contribution in [0.5, 0.6) is 0 Å². The fourth-order valence-electron chi connectivity index (χ4n) is 1.70. The first-order valence-corrected chi connectivity index (χ1v) is 6.63. The van der Waals surface area contributed by atoms with Crippen LogP contribution in [-0.4, -0.2) is 25.8 Å². The summed E-state index contributed by atoms with van der Waals surface area (Å²) >= 11 is 0. The Hall–Kier alpha value is -0.0800. The van der Waals surface area contributed by atoms with E-state index in [1.165, 1.54) is 12.8 Å². The van der Waals surface area contributed by atoms with Crippen molar-refractivity contribution in [3.05, 3.63) is 0 Å². The molecule has 0 aromatic carbocycles. The number of hydrogen-bond donors (Lipinski definition) is 1. The van der Waals surface area contributed by atoms with Crippen LogP contribution in [0.25, 0.3) is 0 Å². The minimum Gasteiger partial charge on any atom is -0.379 e. The van der Waals surface area contributed by atoms with Crippen molar-refractivity contribution in [3.8, 4) is 0 Å². The van der Waals surface area contributed by atoms with E-state index in [0.29, 0.717) is 0 Å². The maximum absolute atomic E-state index is 5.42. The Morgan fingerprint density at radius 2 is 1.75 bits per heavy atom. The van der Waals surface area contributed by atoms with Crippen LogP contribution < -0.4 is 5.32 Å². The van der Waals surface area contributed by atoms with Crippen molar-refractivity contribution in [2.45, 2.75) is 59.5 Å². The Kier molecular flexibility index (Phi) is 8.04. The Bertz CT molecular complexity index is 166. The van der Waals surface area contributed by atoms with Gasteiger partial charge in [0.25, 0.3) is 0 Å². The first kappa shape index (κ1) is 15.9. The molecule has 1 atom stereocenters. The molecule has 1 N–H and O–H groups in total. The molecule has 0 aromatic rings. The van der Waals surface area contributed by atoms with Crippen LogP contribution in [0.15, 0.2) is 0 Å². The molecule has 0 amide bonds. The third-order valence-corrected chi connectivity index (χ3v) is 3.07. The SMILES string of the molecule is COC(C)(C)CCCC(C)CNCC(C)C. The van der Waals surface area contributed by atoms with Crippen LogP contribution >= 0.6 is 0 Å². The van der Waals surface area contributed by atoms with Gasteiger partial charge >= 0.3 is 0 Å². The summed E-state index contributed by atoms with van der Waals surface area (Å²) in [5.41, 5.74) is 0.0467. The van der Waals surface area contributed by atoms with Crippen molar-refractivity contribution < 1.29 is 4.74 Å². The highest BCUT2D eigenvalue weighted by Gasteiger charge is 2.15. The molecule has 0 rings (SSSR count). The molecule has 0 radical (unpaired) electrons. The topological polar surface area (TPSA) is 21.3 Å². The van der Waals surface area contributed by atoms with Gasteiger partial charge in [0.1, 0.15) is 0 Å². The van der Waals surface area contributed by atoms with E-state index in [4.69, 9.17) is 4.74 Å². The van der Waals surface area contributed by atoms with Crippen molar-refractivity contribution in [3.63, 3.8) is 0 Å². The summed E-state index contributed by atoms with van der Waals surface area (Å²) in [6.07, 6.45) is 3.70. The summed E-state index contributed by atoms with van der Waals surface area (Å²) in [5.74, 6) is 1.52. The van der Waals surface area contributed by atoms with Crippen molar-refractivity contribution in [1.29, 1.82) is 0 Å². The van der Waals surface area contributed by atoms with E-state index >= 15 is 0 Å². The average molecular weight is 229 g/mol. The minimum atomic E-state index is 0.0467. The molecule has 0 aromatic heterocycles. The number of methoxy groups -OCH3 is 1. The maximum Gasteiger partial charge on any atom is 0.0622 e. The maximum atomic E-state index is 5.42. The molecule has 98 valence electrons. The Labute approximate surface area is 102 Å². The second kappa shape index (κ2) is 8.08. The van der Waals surface area contributed by atoms with E-state index in [9.17, 15) is 0 Å². The third kappa shape index (κ3) is 9.17. The molecule has 0 aliphatic rings. The van der Waals surface area contributed by atoms with Gasteiger partial charge in [-0.1, -0.05) is 27.2 Å². The summed E-state index contributed by atoms with van der Waals surface area (Å²) < 4.78 is 5.42. The Morgan fingerprint density at radius 1 is 1.12 bits per heavy atom.